The Morgan fingerprint density at radius 1 is 1.12 bits per heavy atom. The molecule has 1 N–H and O–H groups in total. The van der Waals surface area contributed by atoms with Crippen molar-refractivity contribution >= 4 is 23.7 Å². The van der Waals surface area contributed by atoms with Crippen LogP contribution in [0.5, 0.6) is 0 Å². The second-order valence-electron chi connectivity index (χ2n) is 4.88. The molecule has 0 unspecified atom stereocenters. The van der Waals surface area contributed by atoms with Gasteiger partial charge in [-0.1, -0.05) is 29.4 Å². The van der Waals surface area contributed by atoms with E-state index in [4.69, 9.17) is 4.42 Å². The molecule has 5 nitrogen and oxygen atoms in total. The van der Waals surface area contributed by atoms with Crippen LogP contribution >= 0.6 is 11.8 Å². The molecule has 1 aromatic heterocycles. The highest BCUT2D eigenvalue weighted by molar-refractivity contribution is 7.99. The Labute approximate surface area is 142 Å². The van der Waals surface area contributed by atoms with E-state index in [0.717, 1.165) is 16.7 Å². The summed E-state index contributed by atoms with van der Waals surface area (Å²) >= 11 is 1.68. The summed E-state index contributed by atoms with van der Waals surface area (Å²) in [6, 6.07) is 15.4. The van der Waals surface area contributed by atoms with E-state index in [0.29, 0.717) is 12.3 Å². The summed E-state index contributed by atoms with van der Waals surface area (Å²) in [4.78, 5) is 13.1. The minimum Gasteiger partial charge on any atom is -0.408 e. The Balaban J connectivity index is 1.53. The summed E-state index contributed by atoms with van der Waals surface area (Å²) in [7, 11) is 0. The van der Waals surface area contributed by atoms with Crippen LogP contribution in [0.4, 0.5) is 10.4 Å². The Morgan fingerprint density at radius 2 is 1.96 bits per heavy atom. The topological polar surface area (TPSA) is 68.0 Å². The molecule has 0 aliphatic heterocycles. The van der Waals surface area contributed by atoms with Gasteiger partial charge >= 0.3 is 6.01 Å². The normalized spacial score (nSPS) is 10.5. The number of hydrogen-bond donors (Lipinski definition) is 1. The maximum absolute atomic E-state index is 13.1. The van der Waals surface area contributed by atoms with Crippen molar-refractivity contribution in [2.45, 2.75) is 11.3 Å². The Morgan fingerprint density at radius 3 is 2.75 bits per heavy atom. The van der Waals surface area contributed by atoms with Crippen LogP contribution in [0.1, 0.15) is 16.2 Å². The van der Waals surface area contributed by atoms with Crippen molar-refractivity contribution in [3.05, 3.63) is 71.9 Å². The molecule has 0 spiro atoms. The molecule has 0 aliphatic rings. The third-order valence-corrected chi connectivity index (χ3v) is 4.12. The number of thioether (sulfide) groups is 1. The summed E-state index contributed by atoms with van der Waals surface area (Å²) in [6.07, 6.45) is 0.586. The molecule has 2 aromatic carbocycles. The maximum atomic E-state index is 13.1. The molecule has 1 amide bonds. The Kier molecular flexibility index (Phi) is 5.22. The average molecular weight is 343 g/mol. The van der Waals surface area contributed by atoms with Gasteiger partial charge in [0, 0.05) is 22.6 Å². The zero-order valence-corrected chi connectivity index (χ0v) is 13.4. The van der Waals surface area contributed by atoms with Crippen LogP contribution in [0.2, 0.25) is 0 Å². The van der Waals surface area contributed by atoms with Crippen molar-refractivity contribution in [2.24, 2.45) is 0 Å². The number of halogens is 1. The van der Waals surface area contributed by atoms with Crippen LogP contribution in [-0.2, 0) is 6.42 Å². The fourth-order valence-electron chi connectivity index (χ4n) is 1.98. The van der Waals surface area contributed by atoms with Crippen LogP contribution in [0, 0.1) is 5.82 Å². The van der Waals surface area contributed by atoms with Crippen LogP contribution in [-0.4, -0.2) is 21.9 Å². The quantitative estimate of drug-likeness (QED) is 0.690. The zero-order chi connectivity index (χ0) is 16.8. The molecular formula is C17H14FN3O2S. The van der Waals surface area contributed by atoms with Crippen molar-refractivity contribution < 1.29 is 13.6 Å². The lowest BCUT2D eigenvalue weighted by Crippen LogP contribution is -2.12. The number of aryl methyl sites for hydroxylation is 1. The van der Waals surface area contributed by atoms with E-state index in [1.807, 2.05) is 30.3 Å². The number of rotatable bonds is 6. The van der Waals surface area contributed by atoms with Crippen molar-refractivity contribution in [1.82, 2.24) is 10.2 Å². The fraction of sp³-hybridized carbons (Fsp3) is 0.118. The predicted octanol–water partition coefficient (Wildman–Crippen LogP) is 3.80. The first-order valence-electron chi connectivity index (χ1n) is 7.28. The summed E-state index contributed by atoms with van der Waals surface area (Å²) in [6.45, 7) is 0. The minimum absolute atomic E-state index is 0.00368. The molecule has 122 valence electrons. The average Bonchev–Trinajstić information content (AvgIpc) is 3.03. The first-order chi connectivity index (χ1) is 11.7. The van der Waals surface area contributed by atoms with E-state index in [1.54, 1.807) is 11.8 Å². The Bertz CT molecular complexity index is 823. The Hall–Kier alpha value is -2.67. The number of carbonyl (C=O) groups excluding carboxylic acids is 1. The SMILES string of the molecule is O=C(Nc1nnc(CCSc2ccccc2)o1)c1cccc(F)c1. The first kappa shape index (κ1) is 16.2. The van der Waals surface area contributed by atoms with Gasteiger partial charge in [-0.2, -0.15) is 0 Å². The van der Waals surface area contributed by atoms with E-state index in [2.05, 4.69) is 15.5 Å². The number of carbonyl (C=O) groups is 1. The number of nitrogens with zero attached hydrogens (tertiary/aromatic N) is 2. The molecule has 3 rings (SSSR count). The zero-order valence-electron chi connectivity index (χ0n) is 12.6. The van der Waals surface area contributed by atoms with Gasteiger partial charge in [0.05, 0.1) is 0 Å². The van der Waals surface area contributed by atoms with Gasteiger partial charge in [-0.15, -0.1) is 16.9 Å². The lowest BCUT2D eigenvalue weighted by molar-refractivity contribution is 0.102. The molecule has 0 atom stereocenters. The van der Waals surface area contributed by atoms with Gasteiger partial charge < -0.3 is 4.42 Å². The van der Waals surface area contributed by atoms with Gasteiger partial charge in [0.15, 0.2) is 0 Å². The minimum atomic E-state index is -0.497. The van der Waals surface area contributed by atoms with Crippen molar-refractivity contribution in [3.63, 3.8) is 0 Å². The largest absolute Gasteiger partial charge is 0.408 e. The molecule has 1 heterocycles. The van der Waals surface area contributed by atoms with Gasteiger partial charge in [-0.05, 0) is 30.3 Å². The standard InChI is InChI=1S/C17H14FN3O2S/c18-13-6-4-5-12(11-13)16(22)19-17-21-20-15(23-17)9-10-24-14-7-2-1-3-8-14/h1-8,11H,9-10H2,(H,19,21,22). The smallest absolute Gasteiger partial charge is 0.322 e. The molecule has 0 saturated heterocycles. The van der Waals surface area contributed by atoms with E-state index >= 15 is 0 Å². The molecule has 3 aromatic rings. The lowest BCUT2D eigenvalue weighted by Gasteiger charge is -2.00. The fourth-order valence-corrected chi connectivity index (χ4v) is 2.84. The maximum Gasteiger partial charge on any atom is 0.322 e. The molecule has 0 aliphatic carbocycles. The summed E-state index contributed by atoms with van der Waals surface area (Å²) in [5.41, 5.74) is 0.189. The van der Waals surface area contributed by atoms with Crippen LogP contribution in [0.25, 0.3) is 0 Å². The van der Waals surface area contributed by atoms with Crippen molar-refractivity contribution in [1.29, 1.82) is 0 Å². The van der Waals surface area contributed by atoms with Gasteiger partial charge in [-0.25, -0.2) is 4.39 Å². The summed E-state index contributed by atoms with van der Waals surface area (Å²) in [5.74, 6) is 0.242. The van der Waals surface area contributed by atoms with E-state index < -0.39 is 11.7 Å². The molecule has 0 bridgehead atoms. The van der Waals surface area contributed by atoms with Gasteiger partial charge in [0.1, 0.15) is 5.82 Å². The summed E-state index contributed by atoms with van der Waals surface area (Å²) < 4.78 is 18.5. The first-order valence-corrected chi connectivity index (χ1v) is 8.26. The third kappa shape index (κ3) is 4.42. The highest BCUT2D eigenvalue weighted by Gasteiger charge is 2.12. The number of aromatic nitrogens is 2. The van der Waals surface area contributed by atoms with E-state index in [-0.39, 0.29) is 11.6 Å². The number of benzene rings is 2. The van der Waals surface area contributed by atoms with Crippen molar-refractivity contribution in [2.75, 3.05) is 11.1 Å². The predicted molar refractivity (Wildman–Crippen MR) is 89.5 cm³/mol. The van der Waals surface area contributed by atoms with Crippen LogP contribution < -0.4 is 5.32 Å². The number of hydrogen-bond acceptors (Lipinski definition) is 5. The lowest BCUT2D eigenvalue weighted by atomic mass is 10.2. The summed E-state index contributed by atoms with van der Waals surface area (Å²) in [5, 5.41) is 10.1. The number of nitrogens with one attached hydrogen (secondary N) is 1. The van der Waals surface area contributed by atoms with Gasteiger partial charge in [0.2, 0.25) is 5.89 Å². The highest BCUT2D eigenvalue weighted by atomic mass is 32.2. The van der Waals surface area contributed by atoms with E-state index in [1.165, 1.54) is 18.2 Å². The van der Waals surface area contributed by atoms with Gasteiger partial charge in [-0.3, -0.25) is 10.1 Å². The second kappa shape index (κ2) is 7.74. The highest BCUT2D eigenvalue weighted by Crippen LogP contribution is 2.18. The second-order valence-corrected chi connectivity index (χ2v) is 6.05. The monoisotopic (exact) mass is 343 g/mol. The molecule has 0 radical (unpaired) electrons. The molecule has 24 heavy (non-hydrogen) atoms. The molecular weight excluding hydrogens is 329 g/mol. The van der Waals surface area contributed by atoms with Crippen molar-refractivity contribution in [3.8, 4) is 0 Å². The van der Waals surface area contributed by atoms with Gasteiger partial charge in [0.25, 0.3) is 5.91 Å². The third-order valence-electron chi connectivity index (χ3n) is 3.10. The number of amides is 1. The molecule has 7 heteroatoms. The van der Waals surface area contributed by atoms with Crippen LogP contribution in [0.3, 0.4) is 0 Å². The molecule has 0 fully saturated rings. The number of anilines is 1. The van der Waals surface area contributed by atoms with E-state index in [9.17, 15) is 9.18 Å². The molecule has 0 saturated carbocycles. The van der Waals surface area contributed by atoms with Crippen LogP contribution in [0.15, 0.2) is 63.9 Å².